The minimum absolute atomic E-state index is 0. The van der Waals surface area contributed by atoms with Gasteiger partial charge in [0.05, 0.1) is 0 Å². The number of hydrogen-bond donors (Lipinski definition) is 1. The molecule has 0 unspecified atom stereocenters. The highest BCUT2D eigenvalue weighted by Gasteiger charge is 2.16. The molecule has 0 spiro atoms. The van der Waals surface area contributed by atoms with Gasteiger partial charge in [0.15, 0.2) is 0 Å². The van der Waals surface area contributed by atoms with Gasteiger partial charge in [0, 0.05) is 50.7 Å². The SMILES string of the molecule is CN(CCC(=O)N1CCNCC1)Cc1ccc(Cl)cc1.Cl. The van der Waals surface area contributed by atoms with Crippen molar-refractivity contribution in [3.05, 3.63) is 34.9 Å². The van der Waals surface area contributed by atoms with Gasteiger partial charge >= 0.3 is 0 Å². The quantitative estimate of drug-likeness (QED) is 0.896. The van der Waals surface area contributed by atoms with E-state index in [0.717, 1.165) is 44.3 Å². The number of hydrogen-bond acceptors (Lipinski definition) is 3. The largest absolute Gasteiger partial charge is 0.340 e. The fourth-order valence-electron chi connectivity index (χ4n) is 2.34. The number of carbonyl (C=O) groups is 1. The summed E-state index contributed by atoms with van der Waals surface area (Å²) in [5.41, 5.74) is 1.21. The molecule has 0 radical (unpaired) electrons. The molecule has 1 N–H and O–H groups in total. The first-order valence-corrected chi connectivity index (χ1v) is 7.44. The summed E-state index contributed by atoms with van der Waals surface area (Å²) in [5, 5.41) is 4.01. The van der Waals surface area contributed by atoms with Crippen LogP contribution in [0.1, 0.15) is 12.0 Å². The molecule has 1 aliphatic heterocycles. The molecule has 0 aliphatic carbocycles. The molecule has 0 bridgehead atoms. The zero-order valence-electron chi connectivity index (χ0n) is 12.3. The summed E-state index contributed by atoms with van der Waals surface area (Å²) in [6.07, 6.45) is 0.587. The van der Waals surface area contributed by atoms with Crippen LogP contribution in [0.4, 0.5) is 0 Å². The van der Waals surface area contributed by atoms with Gasteiger partial charge in [0.25, 0.3) is 0 Å². The van der Waals surface area contributed by atoms with E-state index in [1.54, 1.807) is 0 Å². The van der Waals surface area contributed by atoms with E-state index < -0.39 is 0 Å². The number of halogens is 2. The lowest BCUT2D eigenvalue weighted by molar-refractivity contribution is -0.132. The molecule has 0 saturated carbocycles. The molecular weight excluding hydrogens is 309 g/mol. The van der Waals surface area contributed by atoms with Gasteiger partial charge in [-0.05, 0) is 24.7 Å². The summed E-state index contributed by atoms with van der Waals surface area (Å²) in [7, 11) is 2.04. The molecule has 1 heterocycles. The van der Waals surface area contributed by atoms with Crippen molar-refractivity contribution in [3.8, 4) is 0 Å². The third-order valence-corrected chi connectivity index (χ3v) is 3.79. The second-order valence-corrected chi connectivity index (χ2v) is 5.68. The van der Waals surface area contributed by atoms with Gasteiger partial charge in [-0.2, -0.15) is 0 Å². The summed E-state index contributed by atoms with van der Waals surface area (Å²) in [6.45, 7) is 5.11. The topological polar surface area (TPSA) is 35.6 Å². The minimum atomic E-state index is 0. The number of amides is 1. The first kappa shape index (κ1) is 18.2. The Kier molecular flexibility index (Phi) is 8.04. The molecule has 1 fully saturated rings. The first-order valence-electron chi connectivity index (χ1n) is 7.06. The van der Waals surface area contributed by atoms with E-state index in [1.165, 1.54) is 5.56 Å². The molecule has 1 aromatic carbocycles. The summed E-state index contributed by atoms with van der Waals surface area (Å²) >= 11 is 5.87. The maximum absolute atomic E-state index is 12.1. The highest BCUT2D eigenvalue weighted by Crippen LogP contribution is 2.11. The number of nitrogens with one attached hydrogen (secondary N) is 1. The second kappa shape index (κ2) is 9.26. The van der Waals surface area contributed by atoms with Crippen molar-refractivity contribution < 1.29 is 4.79 Å². The molecule has 2 rings (SSSR count). The maximum Gasteiger partial charge on any atom is 0.223 e. The number of rotatable bonds is 5. The van der Waals surface area contributed by atoms with Crippen molar-refractivity contribution in [1.29, 1.82) is 0 Å². The number of carbonyl (C=O) groups excluding carboxylic acids is 1. The van der Waals surface area contributed by atoms with Crippen molar-refractivity contribution in [2.45, 2.75) is 13.0 Å². The molecule has 1 aliphatic rings. The number of nitrogens with zero attached hydrogens (tertiary/aromatic N) is 2. The van der Waals surface area contributed by atoms with Crippen molar-refractivity contribution in [2.75, 3.05) is 39.8 Å². The molecule has 1 amide bonds. The van der Waals surface area contributed by atoms with Crippen LogP contribution in [0.25, 0.3) is 0 Å². The van der Waals surface area contributed by atoms with Gasteiger partial charge in [-0.25, -0.2) is 0 Å². The van der Waals surface area contributed by atoms with E-state index in [1.807, 2.05) is 36.2 Å². The lowest BCUT2D eigenvalue weighted by atomic mass is 10.2. The molecule has 0 atom stereocenters. The summed E-state index contributed by atoms with van der Waals surface area (Å²) in [6, 6.07) is 7.85. The van der Waals surface area contributed by atoms with Gasteiger partial charge in [-0.3, -0.25) is 4.79 Å². The fourth-order valence-corrected chi connectivity index (χ4v) is 2.47. The summed E-state index contributed by atoms with van der Waals surface area (Å²) in [5.74, 6) is 0.259. The maximum atomic E-state index is 12.1. The predicted molar refractivity (Wildman–Crippen MR) is 89.1 cm³/mol. The molecule has 118 valence electrons. The number of piperazine rings is 1. The van der Waals surface area contributed by atoms with E-state index >= 15 is 0 Å². The fraction of sp³-hybridized carbons (Fsp3) is 0.533. The first-order chi connectivity index (χ1) is 9.65. The van der Waals surface area contributed by atoms with Gasteiger partial charge in [-0.15, -0.1) is 12.4 Å². The van der Waals surface area contributed by atoms with Gasteiger partial charge in [0.2, 0.25) is 5.91 Å². The van der Waals surface area contributed by atoms with Crippen LogP contribution in [0.2, 0.25) is 5.02 Å². The van der Waals surface area contributed by atoms with Gasteiger partial charge in [-0.1, -0.05) is 23.7 Å². The molecule has 4 nitrogen and oxygen atoms in total. The average molecular weight is 332 g/mol. The van der Waals surface area contributed by atoms with Gasteiger partial charge in [0.1, 0.15) is 0 Å². The van der Waals surface area contributed by atoms with Crippen LogP contribution >= 0.6 is 24.0 Å². The number of benzene rings is 1. The lowest BCUT2D eigenvalue weighted by Crippen LogP contribution is -2.47. The Morgan fingerprint density at radius 2 is 1.90 bits per heavy atom. The third kappa shape index (κ3) is 6.22. The van der Waals surface area contributed by atoms with Crippen molar-refractivity contribution in [3.63, 3.8) is 0 Å². The zero-order chi connectivity index (χ0) is 14.4. The molecule has 21 heavy (non-hydrogen) atoms. The minimum Gasteiger partial charge on any atom is -0.340 e. The van der Waals surface area contributed by atoms with E-state index in [9.17, 15) is 4.79 Å². The molecule has 1 saturated heterocycles. The van der Waals surface area contributed by atoms with Gasteiger partial charge < -0.3 is 15.1 Å². The highest BCUT2D eigenvalue weighted by atomic mass is 35.5. The Morgan fingerprint density at radius 1 is 1.29 bits per heavy atom. The van der Waals surface area contributed by atoms with Crippen molar-refractivity contribution >= 4 is 29.9 Å². The Hall–Kier alpha value is -0.810. The smallest absolute Gasteiger partial charge is 0.223 e. The predicted octanol–water partition coefficient (Wildman–Crippen LogP) is 2.02. The van der Waals surface area contributed by atoms with E-state index in [2.05, 4.69) is 10.2 Å². The average Bonchev–Trinajstić information content (AvgIpc) is 2.48. The standard InChI is InChI=1S/C15H22ClN3O.ClH/c1-18(12-13-2-4-14(16)5-3-13)9-6-15(20)19-10-7-17-8-11-19;/h2-5,17H,6-12H2,1H3;1H. The van der Waals surface area contributed by atoms with Crippen LogP contribution in [0.3, 0.4) is 0 Å². The Morgan fingerprint density at radius 3 is 2.52 bits per heavy atom. The van der Waals surface area contributed by atoms with Crippen LogP contribution in [0.15, 0.2) is 24.3 Å². The zero-order valence-corrected chi connectivity index (χ0v) is 13.9. The highest BCUT2D eigenvalue weighted by molar-refractivity contribution is 6.30. The normalized spacial score (nSPS) is 14.9. The summed E-state index contributed by atoms with van der Waals surface area (Å²) in [4.78, 5) is 16.2. The lowest BCUT2D eigenvalue weighted by Gasteiger charge is -2.28. The van der Waals surface area contributed by atoms with Crippen LogP contribution in [0.5, 0.6) is 0 Å². The third-order valence-electron chi connectivity index (χ3n) is 3.54. The van der Waals surface area contributed by atoms with Crippen LogP contribution < -0.4 is 5.32 Å². The van der Waals surface area contributed by atoms with Crippen LogP contribution in [-0.4, -0.2) is 55.5 Å². The van der Waals surface area contributed by atoms with Crippen molar-refractivity contribution in [2.24, 2.45) is 0 Å². The van der Waals surface area contributed by atoms with E-state index in [4.69, 9.17) is 11.6 Å². The molecule has 6 heteroatoms. The van der Waals surface area contributed by atoms with E-state index in [-0.39, 0.29) is 18.3 Å². The monoisotopic (exact) mass is 331 g/mol. The van der Waals surface area contributed by atoms with Crippen LogP contribution in [0, 0.1) is 0 Å². The molecule has 1 aromatic rings. The molecule has 0 aromatic heterocycles. The van der Waals surface area contributed by atoms with Crippen molar-refractivity contribution in [1.82, 2.24) is 15.1 Å². The summed E-state index contributed by atoms with van der Waals surface area (Å²) < 4.78 is 0. The van der Waals surface area contributed by atoms with Crippen LogP contribution in [-0.2, 0) is 11.3 Å². The van der Waals surface area contributed by atoms with E-state index in [0.29, 0.717) is 6.42 Å². The molecular formula is C15H23Cl2N3O. The Bertz CT molecular complexity index is 433. The Balaban J connectivity index is 0.00000220. The second-order valence-electron chi connectivity index (χ2n) is 5.25. The Labute approximate surface area is 137 Å².